The lowest BCUT2D eigenvalue weighted by Gasteiger charge is -2.15. The summed E-state index contributed by atoms with van der Waals surface area (Å²) in [5.74, 6) is 2.36. The summed E-state index contributed by atoms with van der Waals surface area (Å²) in [7, 11) is 1.61. The van der Waals surface area contributed by atoms with E-state index in [1.54, 1.807) is 31.4 Å². The Labute approximate surface area is 190 Å². The normalized spacial score (nSPS) is 16.2. The number of thioether (sulfide) groups is 1. The molecule has 0 bridgehead atoms. The van der Waals surface area contributed by atoms with E-state index in [9.17, 15) is 4.79 Å². The van der Waals surface area contributed by atoms with Crippen LogP contribution in [-0.2, 0) is 11.2 Å². The van der Waals surface area contributed by atoms with E-state index in [-0.39, 0.29) is 12.7 Å². The van der Waals surface area contributed by atoms with E-state index in [2.05, 4.69) is 6.58 Å². The average molecular weight is 456 g/mol. The first kappa shape index (κ1) is 21.3. The van der Waals surface area contributed by atoms with Gasteiger partial charge in [0.15, 0.2) is 27.3 Å². The first-order valence-corrected chi connectivity index (χ1v) is 10.9. The minimum Gasteiger partial charge on any atom is -0.493 e. The number of ether oxygens (including phenoxy) is 4. The maximum atomic E-state index is 13.2. The number of carbonyl (C=O) groups excluding carboxylic acids is 1. The Morgan fingerprint density at radius 1 is 1.26 bits per heavy atom. The molecule has 2 aliphatic heterocycles. The molecule has 2 aromatic rings. The number of nitrogens with zero attached hydrogens (tertiary/aromatic N) is 1. The number of amides is 1. The second kappa shape index (κ2) is 9.03. The molecule has 0 saturated carbocycles. The van der Waals surface area contributed by atoms with Crippen LogP contribution in [0.3, 0.4) is 0 Å². The van der Waals surface area contributed by atoms with Crippen LogP contribution in [0.25, 0.3) is 6.08 Å². The molecule has 160 valence electrons. The lowest BCUT2D eigenvalue weighted by molar-refractivity contribution is -0.113. The van der Waals surface area contributed by atoms with Crippen LogP contribution in [-0.4, -0.2) is 30.7 Å². The summed E-state index contributed by atoms with van der Waals surface area (Å²) in [5.41, 5.74) is 2.40. The van der Waals surface area contributed by atoms with Crippen LogP contribution in [0.1, 0.15) is 18.1 Å². The van der Waals surface area contributed by atoms with Gasteiger partial charge in [-0.3, -0.25) is 9.69 Å². The molecular formula is C23H21NO5S2. The number of rotatable bonds is 7. The van der Waals surface area contributed by atoms with Gasteiger partial charge in [-0.05, 0) is 49.2 Å². The first-order valence-electron chi connectivity index (χ1n) is 9.68. The quantitative estimate of drug-likeness (QED) is 0.332. The van der Waals surface area contributed by atoms with Gasteiger partial charge in [-0.2, -0.15) is 0 Å². The fourth-order valence-corrected chi connectivity index (χ4v) is 4.73. The number of allylic oxidation sites excluding steroid dienone is 1. The molecule has 0 radical (unpaired) electrons. The SMILES string of the molecule is C=CCc1cc(/C=C2/SC(=S)N(c3ccc4c(c3)OCO4)C2=O)cc(OCC)c1OC. The largest absolute Gasteiger partial charge is 0.493 e. The third kappa shape index (κ3) is 4.13. The molecule has 2 aliphatic rings. The van der Waals surface area contributed by atoms with Crippen molar-refractivity contribution in [1.29, 1.82) is 0 Å². The van der Waals surface area contributed by atoms with Gasteiger partial charge in [0.25, 0.3) is 5.91 Å². The summed E-state index contributed by atoms with van der Waals surface area (Å²) in [6.07, 6.45) is 4.24. The van der Waals surface area contributed by atoms with E-state index in [4.69, 9.17) is 31.2 Å². The summed E-state index contributed by atoms with van der Waals surface area (Å²) >= 11 is 6.75. The number of thiocarbonyl (C=S) groups is 1. The summed E-state index contributed by atoms with van der Waals surface area (Å²) in [5, 5.41) is 0. The van der Waals surface area contributed by atoms with Crippen molar-refractivity contribution < 1.29 is 23.7 Å². The van der Waals surface area contributed by atoms with E-state index < -0.39 is 0 Å². The highest BCUT2D eigenvalue weighted by Gasteiger charge is 2.34. The predicted molar refractivity (Wildman–Crippen MR) is 126 cm³/mol. The topological polar surface area (TPSA) is 57.2 Å². The van der Waals surface area contributed by atoms with Crippen LogP contribution in [0.2, 0.25) is 0 Å². The number of hydrogen-bond donors (Lipinski definition) is 0. The molecule has 1 saturated heterocycles. The van der Waals surface area contributed by atoms with Crippen LogP contribution in [0.4, 0.5) is 5.69 Å². The maximum Gasteiger partial charge on any atom is 0.270 e. The highest BCUT2D eigenvalue weighted by atomic mass is 32.2. The zero-order valence-corrected chi connectivity index (χ0v) is 18.8. The minimum atomic E-state index is -0.187. The lowest BCUT2D eigenvalue weighted by Crippen LogP contribution is -2.27. The third-order valence-corrected chi connectivity index (χ3v) is 6.03. The van der Waals surface area contributed by atoms with Gasteiger partial charge < -0.3 is 18.9 Å². The van der Waals surface area contributed by atoms with E-state index in [1.807, 2.05) is 25.1 Å². The van der Waals surface area contributed by atoms with E-state index >= 15 is 0 Å². The zero-order valence-electron chi connectivity index (χ0n) is 17.2. The molecule has 0 atom stereocenters. The van der Waals surface area contributed by atoms with Gasteiger partial charge in [-0.25, -0.2) is 0 Å². The van der Waals surface area contributed by atoms with Crippen molar-refractivity contribution in [3.8, 4) is 23.0 Å². The smallest absolute Gasteiger partial charge is 0.270 e. The fourth-order valence-electron chi connectivity index (χ4n) is 3.43. The molecule has 0 N–H and O–H groups in total. The van der Waals surface area contributed by atoms with Crippen molar-refractivity contribution in [2.75, 3.05) is 25.4 Å². The molecule has 0 unspecified atom stereocenters. The second-order valence-corrected chi connectivity index (χ2v) is 8.37. The Balaban J connectivity index is 1.68. The minimum absolute atomic E-state index is 0.170. The maximum absolute atomic E-state index is 13.2. The molecule has 0 spiro atoms. The van der Waals surface area contributed by atoms with E-state index in [1.165, 1.54) is 16.7 Å². The van der Waals surface area contributed by atoms with Crippen LogP contribution < -0.4 is 23.8 Å². The molecule has 1 amide bonds. The van der Waals surface area contributed by atoms with E-state index in [0.717, 1.165) is 11.1 Å². The highest BCUT2D eigenvalue weighted by Crippen LogP contribution is 2.41. The van der Waals surface area contributed by atoms with Gasteiger partial charge >= 0.3 is 0 Å². The zero-order chi connectivity index (χ0) is 22.0. The lowest BCUT2D eigenvalue weighted by atomic mass is 10.0. The molecule has 0 aromatic heterocycles. The van der Waals surface area contributed by atoms with Crippen molar-refractivity contribution in [2.24, 2.45) is 0 Å². The Kier molecular flexibility index (Phi) is 6.20. The predicted octanol–water partition coefficient (Wildman–Crippen LogP) is 4.96. The van der Waals surface area contributed by atoms with Crippen LogP contribution in [0.5, 0.6) is 23.0 Å². The fraction of sp³-hybridized carbons (Fsp3) is 0.217. The van der Waals surface area contributed by atoms with Gasteiger partial charge in [-0.1, -0.05) is 30.1 Å². The monoisotopic (exact) mass is 455 g/mol. The molecule has 2 aromatic carbocycles. The van der Waals surface area contributed by atoms with Crippen molar-refractivity contribution in [3.05, 3.63) is 59.0 Å². The molecular weight excluding hydrogens is 434 g/mol. The molecule has 1 fully saturated rings. The van der Waals surface area contributed by atoms with Gasteiger partial charge in [0.1, 0.15) is 0 Å². The average Bonchev–Trinajstić information content (AvgIpc) is 3.32. The second-order valence-electron chi connectivity index (χ2n) is 6.69. The van der Waals surface area contributed by atoms with Crippen molar-refractivity contribution in [3.63, 3.8) is 0 Å². The van der Waals surface area contributed by atoms with Crippen molar-refractivity contribution >= 4 is 46.0 Å². The molecule has 2 heterocycles. The van der Waals surface area contributed by atoms with Crippen LogP contribution >= 0.6 is 24.0 Å². The van der Waals surface area contributed by atoms with Crippen LogP contribution in [0.15, 0.2) is 47.9 Å². The molecule has 0 aliphatic carbocycles. The van der Waals surface area contributed by atoms with Gasteiger partial charge in [0, 0.05) is 11.6 Å². The number of benzene rings is 2. The van der Waals surface area contributed by atoms with Crippen LogP contribution in [0, 0.1) is 0 Å². The molecule has 6 nitrogen and oxygen atoms in total. The number of hydrogen-bond acceptors (Lipinski definition) is 7. The molecule has 4 rings (SSSR count). The van der Waals surface area contributed by atoms with E-state index in [0.29, 0.717) is 50.9 Å². The standard InChI is InChI=1S/C23H21NO5S2/c1-4-6-15-9-14(10-19(27-5-2)21(15)26-3)11-20-22(25)24(23(30)31-20)16-7-8-17-18(12-16)29-13-28-17/h4,7-12H,1,5-6,13H2,2-3H3/b20-11+. The number of fused-ring (bicyclic) bond motifs is 1. The highest BCUT2D eigenvalue weighted by molar-refractivity contribution is 8.27. The summed E-state index contributed by atoms with van der Waals surface area (Å²) < 4.78 is 22.5. The first-order chi connectivity index (χ1) is 15.0. The number of methoxy groups -OCH3 is 1. The molecule has 31 heavy (non-hydrogen) atoms. The Morgan fingerprint density at radius 2 is 2.06 bits per heavy atom. The summed E-state index contributed by atoms with van der Waals surface area (Å²) in [4.78, 5) is 15.2. The Hall–Kier alpha value is -2.97. The summed E-state index contributed by atoms with van der Waals surface area (Å²) in [6.45, 7) is 6.40. The number of carbonyl (C=O) groups is 1. The van der Waals surface area contributed by atoms with Gasteiger partial charge in [-0.15, -0.1) is 6.58 Å². The number of anilines is 1. The van der Waals surface area contributed by atoms with Crippen molar-refractivity contribution in [1.82, 2.24) is 0 Å². The third-order valence-electron chi connectivity index (χ3n) is 4.73. The Morgan fingerprint density at radius 3 is 2.81 bits per heavy atom. The Bertz CT molecular complexity index is 1100. The van der Waals surface area contributed by atoms with Gasteiger partial charge in [0.05, 0.1) is 24.3 Å². The molecule has 8 heteroatoms. The van der Waals surface area contributed by atoms with Crippen molar-refractivity contribution in [2.45, 2.75) is 13.3 Å². The summed E-state index contributed by atoms with van der Waals surface area (Å²) in [6, 6.07) is 9.17. The van der Waals surface area contributed by atoms with Gasteiger partial charge in [0.2, 0.25) is 6.79 Å².